The number of aromatic nitrogens is 3. The molecule has 0 aliphatic heterocycles. The first-order valence-electron chi connectivity index (χ1n) is 7.90. The van der Waals surface area contributed by atoms with Crippen LogP contribution in [0.1, 0.15) is 23.9 Å². The molecule has 11 heteroatoms. The Kier molecular flexibility index (Phi) is 6.03. The Balaban J connectivity index is 1.99. The molecule has 0 aromatic carbocycles. The van der Waals surface area contributed by atoms with Gasteiger partial charge in [-0.3, -0.25) is 4.79 Å². The molecule has 0 fully saturated rings. The predicted octanol–water partition coefficient (Wildman–Crippen LogP) is 1.59. The van der Waals surface area contributed by atoms with Crippen LogP contribution < -0.4 is 11.1 Å². The lowest BCUT2D eigenvalue weighted by Gasteiger charge is -2.12. The molecule has 1 atom stereocenters. The Morgan fingerprint density at radius 1 is 1.41 bits per heavy atom. The summed E-state index contributed by atoms with van der Waals surface area (Å²) < 4.78 is 37.9. The van der Waals surface area contributed by atoms with Crippen LogP contribution in [-0.2, 0) is 9.63 Å². The van der Waals surface area contributed by atoms with Crippen LogP contribution in [0.3, 0.4) is 0 Å². The number of nitrogens with two attached hydrogens (primary N) is 1. The smallest absolute Gasteiger partial charge is 0.381 e. The predicted molar refractivity (Wildman–Crippen MR) is 91.2 cm³/mol. The zero-order valence-corrected chi connectivity index (χ0v) is 14.9. The van der Waals surface area contributed by atoms with E-state index in [1.807, 2.05) is 19.9 Å². The van der Waals surface area contributed by atoms with Gasteiger partial charge in [-0.05, 0) is 39.0 Å². The number of pyridine rings is 1. The first-order chi connectivity index (χ1) is 12.6. The van der Waals surface area contributed by atoms with Gasteiger partial charge in [-0.25, -0.2) is 9.67 Å². The summed E-state index contributed by atoms with van der Waals surface area (Å²) in [5.74, 6) is -0.447. The largest absolute Gasteiger partial charge is 0.405 e. The van der Waals surface area contributed by atoms with Gasteiger partial charge in [0, 0.05) is 17.5 Å². The highest BCUT2D eigenvalue weighted by Gasteiger charge is 2.29. The maximum Gasteiger partial charge on any atom is 0.405 e. The van der Waals surface area contributed by atoms with Crippen molar-refractivity contribution < 1.29 is 22.8 Å². The summed E-state index contributed by atoms with van der Waals surface area (Å²) >= 11 is 0. The second-order valence-corrected chi connectivity index (χ2v) is 5.80. The molecular formula is C16H19F3N6O2. The first-order valence-corrected chi connectivity index (χ1v) is 7.90. The van der Waals surface area contributed by atoms with E-state index in [4.69, 9.17) is 10.6 Å². The number of carbonyl (C=O) groups is 1. The molecule has 3 N–H and O–H groups in total. The lowest BCUT2D eigenvalue weighted by Crippen LogP contribution is -2.39. The number of amides is 1. The molecule has 0 aliphatic carbocycles. The Hall–Kier alpha value is -3.11. The van der Waals surface area contributed by atoms with Crippen molar-refractivity contribution in [3.8, 4) is 5.82 Å². The number of nitrogens with zero attached hydrogens (tertiary/aromatic N) is 4. The molecule has 8 nitrogen and oxygen atoms in total. The van der Waals surface area contributed by atoms with Crippen LogP contribution in [0, 0.1) is 13.8 Å². The third-order valence-electron chi connectivity index (χ3n) is 3.41. The van der Waals surface area contributed by atoms with Gasteiger partial charge in [0.2, 0.25) is 6.10 Å². The molecule has 0 aliphatic rings. The third-order valence-corrected chi connectivity index (χ3v) is 3.41. The van der Waals surface area contributed by atoms with Gasteiger partial charge in [0.05, 0.1) is 5.69 Å². The molecule has 2 aromatic rings. The SMILES string of the molecule is Cc1cc(C)n(-c2ccc(C(N)=NOC(C)C(=O)NCC(F)(F)F)cn2)n1. The fraction of sp³-hybridized carbons (Fsp3) is 0.375. The number of nitrogens with one attached hydrogen (secondary N) is 1. The molecule has 0 spiro atoms. The van der Waals surface area contributed by atoms with E-state index in [0.717, 1.165) is 11.4 Å². The van der Waals surface area contributed by atoms with E-state index in [-0.39, 0.29) is 5.84 Å². The standard InChI is InChI=1S/C16H19F3N6O2/c1-9-6-10(2)25(23-9)13-5-4-12(7-21-13)14(20)24-27-11(3)15(26)22-8-16(17,18)19/h4-7,11H,8H2,1-3H3,(H2,20,24)(H,22,26). The molecule has 2 heterocycles. The molecule has 1 amide bonds. The van der Waals surface area contributed by atoms with Gasteiger partial charge >= 0.3 is 6.18 Å². The zero-order valence-electron chi connectivity index (χ0n) is 14.9. The van der Waals surface area contributed by atoms with E-state index >= 15 is 0 Å². The summed E-state index contributed by atoms with van der Waals surface area (Å²) in [6.07, 6.45) is -4.30. The fourth-order valence-corrected chi connectivity index (χ4v) is 2.09. The van der Waals surface area contributed by atoms with Crippen molar-refractivity contribution in [2.75, 3.05) is 6.54 Å². The van der Waals surface area contributed by atoms with Crippen LogP contribution in [0.15, 0.2) is 29.6 Å². The number of aryl methyl sites for hydroxylation is 2. The quantitative estimate of drug-likeness (QED) is 0.447. The normalized spacial score (nSPS) is 13.3. The molecule has 1 unspecified atom stereocenters. The highest BCUT2D eigenvalue weighted by Crippen LogP contribution is 2.13. The monoisotopic (exact) mass is 384 g/mol. The number of hydrogen-bond acceptors (Lipinski definition) is 5. The van der Waals surface area contributed by atoms with Gasteiger partial charge in [0.1, 0.15) is 6.54 Å². The Bertz CT molecular complexity index is 830. The van der Waals surface area contributed by atoms with E-state index in [2.05, 4.69) is 15.2 Å². The summed E-state index contributed by atoms with van der Waals surface area (Å²) in [4.78, 5) is 20.6. The summed E-state index contributed by atoms with van der Waals surface area (Å²) in [6, 6.07) is 5.22. The number of amidine groups is 1. The number of halogens is 3. The zero-order chi connectivity index (χ0) is 20.2. The molecule has 146 valence electrons. The highest BCUT2D eigenvalue weighted by atomic mass is 19.4. The minimum absolute atomic E-state index is 0.0714. The summed E-state index contributed by atoms with van der Waals surface area (Å²) in [6.45, 7) is 3.57. The molecule has 2 aromatic heterocycles. The Morgan fingerprint density at radius 2 is 2.11 bits per heavy atom. The van der Waals surface area contributed by atoms with E-state index in [0.29, 0.717) is 11.4 Å². The van der Waals surface area contributed by atoms with Crippen LogP contribution in [0.25, 0.3) is 5.82 Å². The Morgan fingerprint density at radius 3 is 2.63 bits per heavy atom. The number of carbonyl (C=O) groups excluding carboxylic acids is 1. The van der Waals surface area contributed by atoms with Gasteiger partial charge < -0.3 is 15.9 Å². The summed E-state index contributed by atoms with van der Waals surface area (Å²) in [5.41, 5.74) is 7.95. The fourth-order valence-electron chi connectivity index (χ4n) is 2.09. The van der Waals surface area contributed by atoms with Crippen LogP contribution in [0.5, 0.6) is 0 Å². The van der Waals surface area contributed by atoms with Gasteiger partial charge in [-0.2, -0.15) is 18.3 Å². The van der Waals surface area contributed by atoms with Crippen LogP contribution >= 0.6 is 0 Å². The molecule has 0 bridgehead atoms. The highest BCUT2D eigenvalue weighted by molar-refractivity contribution is 5.96. The molecular weight excluding hydrogens is 365 g/mol. The molecule has 2 rings (SSSR count). The first kappa shape index (κ1) is 20.2. The van der Waals surface area contributed by atoms with E-state index in [1.165, 1.54) is 13.1 Å². The van der Waals surface area contributed by atoms with Gasteiger partial charge in [0.15, 0.2) is 11.7 Å². The average molecular weight is 384 g/mol. The van der Waals surface area contributed by atoms with Crippen molar-refractivity contribution in [2.45, 2.75) is 33.1 Å². The second-order valence-electron chi connectivity index (χ2n) is 5.80. The van der Waals surface area contributed by atoms with E-state index < -0.39 is 24.7 Å². The van der Waals surface area contributed by atoms with Crippen molar-refractivity contribution in [3.63, 3.8) is 0 Å². The number of alkyl halides is 3. The summed E-state index contributed by atoms with van der Waals surface area (Å²) in [5, 5.41) is 9.58. The average Bonchev–Trinajstić information content (AvgIpc) is 2.95. The lowest BCUT2D eigenvalue weighted by molar-refractivity contribution is -0.145. The number of oxime groups is 1. The van der Waals surface area contributed by atoms with Crippen molar-refractivity contribution in [3.05, 3.63) is 41.3 Å². The van der Waals surface area contributed by atoms with Crippen LogP contribution in [0.4, 0.5) is 13.2 Å². The van der Waals surface area contributed by atoms with Gasteiger partial charge in [0.25, 0.3) is 5.91 Å². The Labute approximate surface area is 153 Å². The number of hydrogen-bond donors (Lipinski definition) is 2. The summed E-state index contributed by atoms with van der Waals surface area (Å²) in [7, 11) is 0. The maximum absolute atomic E-state index is 12.1. The van der Waals surface area contributed by atoms with Crippen molar-refractivity contribution in [1.29, 1.82) is 0 Å². The van der Waals surface area contributed by atoms with Gasteiger partial charge in [-0.1, -0.05) is 5.16 Å². The van der Waals surface area contributed by atoms with Crippen molar-refractivity contribution >= 4 is 11.7 Å². The second kappa shape index (κ2) is 8.06. The molecule has 0 saturated carbocycles. The van der Waals surface area contributed by atoms with Crippen LogP contribution in [0.2, 0.25) is 0 Å². The van der Waals surface area contributed by atoms with E-state index in [1.54, 1.807) is 22.1 Å². The molecule has 0 saturated heterocycles. The lowest BCUT2D eigenvalue weighted by atomic mass is 10.2. The topological polar surface area (TPSA) is 107 Å². The van der Waals surface area contributed by atoms with Crippen molar-refractivity contribution in [1.82, 2.24) is 20.1 Å². The van der Waals surface area contributed by atoms with Crippen LogP contribution in [-0.4, -0.2) is 45.3 Å². The minimum atomic E-state index is -4.50. The number of rotatable bonds is 6. The minimum Gasteiger partial charge on any atom is -0.381 e. The molecule has 0 radical (unpaired) electrons. The van der Waals surface area contributed by atoms with Gasteiger partial charge in [-0.15, -0.1) is 0 Å². The molecule has 27 heavy (non-hydrogen) atoms. The van der Waals surface area contributed by atoms with Crippen molar-refractivity contribution in [2.24, 2.45) is 10.9 Å². The maximum atomic E-state index is 12.1. The third kappa shape index (κ3) is 5.69. The van der Waals surface area contributed by atoms with E-state index in [9.17, 15) is 18.0 Å².